The minimum Gasteiger partial charge on any atom is -0.310 e. The highest BCUT2D eigenvalue weighted by molar-refractivity contribution is 7.98. The van der Waals surface area contributed by atoms with Crippen molar-refractivity contribution in [3.8, 4) is 0 Å². The van der Waals surface area contributed by atoms with Gasteiger partial charge in [-0.3, -0.25) is 4.90 Å². The fourth-order valence-corrected chi connectivity index (χ4v) is 1.47. The number of hydrogen-bond donors (Lipinski definition) is 1. The Balaban J connectivity index is 4.03. The van der Waals surface area contributed by atoms with Crippen LogP contribution in [0.2, 0.25) is 0 Å². The molecule has 2 N–H and O–H groups in total. The Kier molecular flexibility index (Phi) is 5.63. The molecule has 0 aromatic rings. The predicted molar refractivity (Wildman–Crippen MR) is 58.4 cm³/mol. The molecule has 0 aliphatic heterocycles. The van der Waals surface area contributed by atoms with Crippen LogP contribution in [-0.4, -0.2) is 35.7 Å². The van der Waals surface area contributed by atoms with Gasteiger partial charge in [0.1, 0.15) is 0 Å². The van der Waals surface area contributed by atoms with Crippen molar-refractivity contribution in [1.29, 1.82) is 0 Å². The van der Waals surface area contributed by atoms with Crippen LogP contribution in [0.5, 0.6) is 0 Å². The van der Waals surface area contributed by atoms with Crippen LogP contribution in [0.1, 0.15) is 13.8 Å². The molecule has 3 heteroatoms. The minimum absolute atomic E-state index is 0.357. The topological polar surface area (TPSA) is 29.3 Å². The van der Waals surface area contributed by atoms with Crippen molar-refractivity contribution >= 4 is 11.8 Å². The van der Waals surface area contributed by atoms with E-state index in [2.05, 4.69) is 24.7 Å². The van der Waals surface area contributed by atoms with E-state index in [9.17, 15) is 0 Å². The maximum atomic E-state index is 6.01. The summed E-state index contributed by atoms with van der Waals surface area (Å²) in [6, 6.07) is 0. The molecule has 0 spiro atoms. The second-order valence-electron chi connectivity index (χ2n) is 3.00. The summed E-state index contributed by atoms with van der Waals surface area (Å²) in [6.07, 6.45) is 3.91. The van der Waals surface area contributed by atoms with Crippen LogP contribution in [0.3, 0.4) is 0 Å². The monoisotopic (exact) mass is 188 g/mol. The summed E-state index contributed by atoms with van der Waals surface area (Å²) in [5.41, 5.74) is 5.65. The molecule has 0 aliphatic carbocycles. The lowest BCUT2D eigenvalue weighted by molar-refractivity contribution is 0.171. The largest absolute Gasteiger partial charge is 0.310 e. The highest BCUT2D eigenvalue weighted by Crippen LogP contribution is 2.09. The Morgan fingerprint density at radius 3 is 2.58 bits per heavy atom. The molecule has 72 valence electrons. The zero-order valence-electron chi connectivity index (χ0n) is 8.34. The molecule has 0 aromatic carbocycles. The maximum absolute atomic E-state index is 6.01. The zero-order chi connectivity index (χ0) is 9.61. The molecule has 2 nitrogen and oxygen atoms in total. The van der Waals surface area contributed by atoms with Crippen LogP contribution in [0.4, 0.5) is 0 Å². The van der Waals surface area contributed by atoms with Crippen molar-refractivity contribution in [2.45, 2.75) is 19.5 Å². The summed E-state index contributed by atoms with van der Waals surface area (Å²) in [6.45, 7) is 9.84. The van der Waals surface area contributed by atoms with Gasteiger partial charge in [0, 0.05) is 12.3 Å². The molecule has 12 heavy (non-hydrogen) atoms. The molecule has 0 fully saturated rings. The third-order valence-corrected chi connectivity index (χ3v) is 2.63. The standard InChI is InChI=1S/C9H20N2S/c1-5-9(3,10)11(6-2)7-8-12-4/h5H,1,6-8,10H2,2-4H3. The van der Waals surface area contributed by atoms with Gasteiger partial charge in [0.05, 0.1) is 5.66 Å². The molecule has 0 saturated heterocycles. The van der Waals surface area contributed by atoms with Gasteiger partial charge >= 0.3 is 0 Å². The molecule has 0 aromatic heterocycles. The fraction of sp³-hybridized carbons (Fsp3) is 0.778. The Bertz CT molecular complexity index is 134. The van der Waals surface area contributed by atoms with Crippen LogP contribution in [0.25, 0.3) is 0 Å². The number of rotatable bonds is 6. The van der Waals surface area contributed by atoms with Crippen molar-refractivity contribution in [3.05, 3.63) is 12.7 Å². The smallest absolute Gasteiger partial charge is 0.0847 e. The third-order valence-electron chi connectivity index (χ3n) is 2.04. The van der Waals surface area contributed by atoms with Gasteiger partial charge in [0.2, 0.25) is 0 Å². The van der Waals surface area contributed by atoms with Crippen LogP contribution < -0.4 is 5.73 Å². The number of thioether (sulfide) groups is 1. The lowest BCUT2D eigenvalue weighted by Crippen LogP contribution is -2.52. The molecular formula is C9H20N2S. The molecule has 0 amide bonds. The third kappa shape index (κ3) is 3.61. The summed E-state index contributed by atoms with van der Waals surface area (Å²) in [7, 11) is 0. The maximum Gasteiger partial charge on any atom is 0.0847 e. The van der Waals surface area contributed by atoms with Crippen molar-refractivity contribution in [2.24, 2.45) is 5.73 Å². The first-order valence-corrected chi connectivity index (χ1v) is 5.64. The summed E-state index contributed by atoms with van der Waals surface area (Å²) in [5, 5.41) is 0. The van der Waals surface area contributed by atoms with E-state index >= 15 is 0 Å². The van der Waals surface area contributed by atoms with Gasteiger partial charge in [0.15, 0.2) is 0 Å². The van der Waals surface area contributed by atoms with Gasteiger partial charge in [-0.25, -0.2) is 0 Å². The van der Waals surface area contributed by atoms with Crippen LogP contribution in [-0.2, 0) is 0 Å². The Morgan fingerprint density at radius 2 is 2.25 bits per heavy atom. The molecule has 0 radical (unpaired) electrons. The molecular weight excluding hydrogens is 168 g/mol. The van der Waals surface area contributed by atoms with E-state index in [4.69, 9.17) is 5.73 Å². The van der Waals surface area contributed by atoms with Gasteiger partial charge in [-0.2, -0.15) is 11.8 Å². The summed E-state index contributed by atoms with van der Waals surface area (Å²) in [4.78, 5) is 2.22. The fourth-order valence-electron chi connectivity index (χ4n) is 1.07. The molecule has 0 rings (SSSR count). The second-order valence-corrected chi connectivity index (χ2v) is 3.99. The lowest BCUT2D eigenvalue weighted by Gasteiger charge is -2.34. The van der Waals surface area contributed by atoms with E-state index in [0.717, 1.165) is 18.8 Å². The summed E-state index contributed by atoms with van der Waals surface area (Å²) < 4.78 is 0. The molecule has 0 bridgehead atoms. The highest BCUT2D eigenvalue weighted by Gasteiger charge is 2.21. The highest BCUT2D eigenvalue weighted by atomic mass is 32.2. The normalized spacial score (nSPS) is 16.1. The number of hydrogen-bond acceptors (Lipinski definition) is 3. The molecule has 0 heterocycles. The van der Waals surface area contributed by atoms with Gasteiger partial charge in [-0.1, -0.05) is 19.6 Å². The SMILES string of the molecule is C=CC(C)(N)N(CC)CCSC. The average Bonchev–Trinajstić information content (AvgIpc) is 2.05. The van der Waals surface area contributed by atoms with Crippen molar-refractivity contribution in [2.75, 3.05) is 25.1 Å². The summed E-state index contributed by atoms with van der Waals surface area (Å²) >= 11 is 1.84. The van der Waals surface area contributed by atoms with E-state index in [-0.39, 0.29) is 5.66 Å². The zero-order valence-corrected chi connectivity index (χ0v) is 9.16. The first kappa shape index (κ1) is 12.0. The Hall–Kier alpha value is 0.0100. The molecule has 0 aliphatic rings. The Labute approximate surface area is 80.2 Å². The van der Waals surface area contributed by atoms with Crippen molar-refractivity contribution in [1.82, 2.24) is 4.90 Å². The average molecular weight is 188 g/mol. The second kappa shape index (κ2) is 5.62. The van der Waals surface area contributed by atoms with Crippen molar-refractivity contribution < 1.29 is 0 Å². The van der Waals surface area contributed by atoms with E-state index in [1.807, 2.05) is 18.7 Å². The van der Waals surface area contributed by atoms with Gasteiger partial charge in [0.25, 0.3) is 0 Å². The molecule has 1 unspecified atom stereocenters. The molecule has 1 atom stereocenters. The van der Waals surface area contributed by atoms with E-state index < -0.39 is 0 Å². The van der Waals surface area contributed by atoms with Gasteiger partial charge in [-0.15, -0.1) is 0 Å². The first-order valence-electron chi connectivity index (χ1n) is 4.25. The number of likely N-dealkylation sites (N-methyl/N-ethyl adjacent to an activating group) is 1. The lowest BCUT2D eigenvalue weighted by atomic mass is 10.2. The van der Waals surface area contributed by atoms with Gasteiger partial charge in [-0.05, 0) is 19.7 Å². The van der Waals surface area contributed by atoms with Gasteiger partial charge < -0.3 is 5.73 Å². The van der Waals surface area contributed by atoms with E-state index in [1.54, 1.807) is 6.08 Å². The quantitative estimate of drug-likeness (QED) is 0.506. The van der Waals surface area contributed by atoms with Crippen molar-refractivity contribution in [3.63, 3.8) is 0 Å². The molecule has 0 saturated carbocycles. The Morgan fingerprint density at radius 1 is 1.67 bits per heavy atom. The van der Waals surface area contributed by atoms with Crippen LogP contribution in [0.15, 0.2) is 12.7 Å². The van der Waals surface area contributed by atoms with Crippen LogP contribution >= 0.6 is 11.8 Å². The summed E-state index contributed by atoms with van der Waals surface area (Å²) in [5.74, 6) is 1.12. The van der Waals surface area contributed by atoms with Crippen LogP contribution in [0, 0.1) is 0 Å². The number of nitrogens with zero attached hydrogens (tertiary/aromatic N) is 1. The number of nitrogens with two attached hydrogens (primary N) is 1. The minimum atomic E-state index is -0.357. The van der Waals surface area contributed by atoms with E-state index in [0.29, 0.717) is 0 Å². The first-order chi connectivity index (χ1) is 5.58. The predicted octanol–water partition coefficient (Wildman–Crippen LogP) is 1.53. The van der Waals surface area contributed by atoms with E-state index in [1.165, 1.54) is 0 Å².